The van der Waals surface area contributed by atoms with Crippen molar-refractivity contribution in [3.63, 3.8) is 0 Å². The number of nitrogens with one attached hydrogen (secondary N) is 7. The van der Waals surface area contributed by atoms with Crippen molar-refractivity contribution in [2.75, 3.05) is 13.2 Å². The topological polar surface area (TPSA) is 388 Å². The molecule has 0 aromatic heterocycles. The van der Waals surface area contributed by atoms with Gasteiger partial charge in [0.15, 0.2) is 0 Å². The van der Waals surface area contributed by atoms with Crippen LogP contribution >= 0.6 is 0 Å². The Labute approximate surface area is 383 Å². The van der Waals surface area contributed by atoms with Crippen molar-refractivity contribution in [2.24, 2.45) is 29.2 Å². The number of aliphatic hydroxyl groups excluding tert-OH is 1. The van der Waals surface area contributed by atoms with Crippen LogP contribution in [0.15, 0.2) is 30.3 Å². The average molecular weight is 936 g/mol. The molecule has 0 bridgehead atoms. The highest BCUT2D eigenvalue weighted by Crippen LogP contribution is 2.14. The number of hydrogen-bond donors (Lipinski definition) is 13. The SMILES string of the molecule is CC[C@H](C)[C@H](N)C(=O)N[C@@H](Cc1ccccc1)C(=O)N[C@H](C(=O)N[C@H](C(=O)N[C@@H](CC(=O)O)C(=O)N[C@@H](CC(=O)O)C(=O)N[C@@H](CCCCN)C(=O)N[C@@H](CO)C(=O)O)[C@@H](C)CC)C(C)C. The summed E-state index contributed by atoms with van der Waals surface area (Å²) >= 11 is 0. The number of rotatable bonds is 31. The summed E-state index contributed by atoms with van der Waals surface area (Å²) in [5.74, 6) is -13.1. The molecule has 1 rings (SSSR count). The second-order valence-corrected chi connectivity index (χ2v) is 16.5. The number of unbranched alkanes of at least 4 members (excludes halogenated alkanes) is 1. The molecular formula is C43H69N9O14. The molecule has 370 valence electrons. The highest BCUT2D eigenvalue weighted by atomic mass is 16.4. The molecule has 7 amide bonds. The zero-order valence-corrected chi connectivity index (χ0v) is 38.3. The van der Waals surface area contributed by atoms with Gasteiger partial charge in [0.25, 0.3) is 0 Å². The predicted octanol–water partition coefficient (Wildman–Crippen LogP) is -2.15. The molecule has 66 heavy (non-hydrogen) atoms. The molecule has 1 aromatic carbocycles. The van der Waals surface area contributed by atoms with Gasteiger partial charge in [-0.3, -0.25) is 43.2 Å². The third-order valence-corrected chi connectivity index (χ3v) is 10.9. The molecule has 0 aliphatic heterocycles. The Morgan fingerprint density at radius 1 is 0.545 bits per heavy atom. The van der Waals surface area contributed by atoms with Crippen molar-refractivity contribution in [1.82, 2.24) is 37.2 Å². The molecule has 0 saturated heterocycles. The molecule has 0 aliphatic carbocycles. The Balaban J connectivity index is 3.42. The van der Waals surface area contributed by atoms with Crippen LogP contribution in [0.1, 0.15) is 92.1 Å². The van der Waals surface area contributed by atoms with Crippen molar-refractivity contribution < 1.29 is 68.4 Å². The number of aliphatic carboxylic acids is 3. The number of carbonyl (C=O) groups is 10. The van der Waals surface area contributed by atoms with Gasteiger partial charge in [-0.05, 0) is 49.1 Å². The zero-order chi connectivity index (χ0) is 50.3. The van der Waals surface area contributed by atoms with Gasteiger partial charge in [-0.25, -0.2) is 4.79 Å². The van der Waals surface area contributed by atoms with Crippen LogP contribution < -0.4 is 48.7 Å². The largest absolute Gasteiger partial charge is 0.481 e. The highest BCUT2D eigenvalue weighted by Gasteiger charge is 2.37. The summed E-state index contributed by atoms with van der Waals surface area (Å²) in [6.07, 6.45) is -0.803. The van der Waals surface area contributed by atoms with Gasteiger partial charge in [-0.15, -0.1) is 0 Å². The Morgan fingerprint density at radius 2 is 0.985 bits per heavy atom. The maximum Gasteiger partial charge on any atom is 0.328 e. The van der Waals surface area contributed by atoms with Gasteiger partial charge >= 0.3 is 17.9 Å². The maximum atomic E-state index is 14.0. The van der Waals surface area contributed by atoms with Crippen molar-refractivity contribution >= 4 is 59.3 Å². The maximum absolute atomic E-state index is 14.0. The van der Waals surface area contributed by atoms with Gasteiger partial charge in [0.1, 0.15) is 42.3 Å². The summed E-state index contributed by atoms with van der Waals surface area (Å²) in [5, 5.41) is 54.6. The van der Waals surface area contributed by atoms with Crippen LogP contribution in [-0.4, -0.2) is 141 Å². The first-order valence-corrected chi connectivity index (χ1v) is 21.9. The van der Waals surface area contributed by atoms with Crippen molar-refractivity contribution in [3.8, 4) is 0 Å². The van der Waals surface area contributed by atoms with Gasteiger partial charge in [0.05, 0.1) is 25.5 Å². The first-order valence-electron chi connectivity index (χ1n) is 21.9. The number of carbonyl (C=O) groups excluding carboxylic acids is 7. The fourth-order valence-electron chi connectivity index (χ4n) is 6.37. The van der Waals surface area contributed by atoms with Gasteiger partial charge in [-0.2, -0.15) is 0 Å². The molecule has 0 saturated carbocycles. The normalized spacial score (nSPS) is 15.7. The van der Waals surface area contributed by atoms with E-state index in [2.05, 4.69) is 31.9 Å². The predicted molar refractivity (Wildman–Crippen MR) is 238 cm³/mol. The molecule has 23 nitrogen and oxygen atoms in total. The van der Waals surface area contributed by atoms with E-state index < -0.39 is 139 Å². The standard InChI is InChI=1S/C43H69N9O14/c1-7-23(5)33(45)40(62)48-27(18-25-14-10-9-11-15-25)39(61)51-34(22(3)4)41(63)52-35(24(6)8-2)42(64)49-29(20-32(56)57)38(60)47-28(19-31(54)55)37(59)46-26(16-12-13-17-44)36(58)50-30(21-53)43(65)66/h9-11,14-15,22-24,26-30,33-35,53H,7-8,12-13,16-21,44-45H2,1-6H3,(H,46,59)(H,47,60)(H,48,62)(H,49,64)(H,50,58)(H,51,61)(H,52,63)(H,54,55)(H,56,57)(H,65,66)/t23-,24-,26-,27-,28-,29-,30-,33-,34-,35-/m0/s1. The molecule has 0 unspecified atom stereocenters. The summed E-state index contributed by atoms with van der Waals surface area (Å²) in [4.78, 5) is 130. The third kappa shape index (κ3) is 19.9. The highest BCUT2D eigenvalue weighted by molar-refractivity contribution is 5.99. The number of carboxylic acid groups (broad SMARTS) is 3. The van der Waals surface area contributed by atoms with Crippen LogP contribution in [0.2, 0.25) is 0 Å². The fraction of sp³-hybridized carbons (Fsp3) is 0.628. The van der Waals surface area contributed by atoms with E-state index in [1.54, 1.807) is 65.0 Å². The first kappa shape index (κ1) is 57.8. The van der Waals surface area contributed by atoms with E-state index in [1.807, 2.05) is 12.2 Å². The molecular weight excluding hydrogens is 867 g/mol. The van der Waals surface area contributed by atoms with E-state index in [0.29, 0.717) is 18.4 Å². The van der Waals surface area contributed by atoms with Gasteiger partial charge < -0.3 is 69.1 Å². The zero-order valence-electron chi connectivity index (χ0n) is 38.3. The third-order valence-electron chi connectivity index (χ3n) is 10.9. The van der Waals surface area contributed by atoms with Gasteiger partial charge in [-0.1, -0.05) is 84.7 Å². The lowest BCUT2D eigenvalue weighted by Gasteiger charge is -2.30. The van der Waals surface area contributed by atoms with E-state index in [4.69, 9.17) is 11.5 Å². The summed E-state index contributed by atoms with van der Waals surface area (Å²) in [6, 6.07) is -3.22. The Morgan fingerprint density at radius 3 is 1.45 bits per heavy atom. The number of hydrogen-bond acceptors (Lipinski definition) is 13. The second-order valence-electron chi connectivity index (χ2n) is 16.5. The number of benzene rings is 1. The Kier molecular flexibility index (Phi) is 25.7. The van der Waals surface area contributed by atoms with E-state index in [9.17, 15) is 68.4 Å². The monoisotopic (exact) mass is 935 g/mol. The van der Waals surface area contributed by atoms with Gasteiger partial charge in [0.2, 0.25) is 41.4 Å². The van der Waals surface area contributed by atoms with Crippen LogP contribution in [0, 0.1) is 17.8 Å². The number of carboxylic acids is 3. The van der Waals surface area contributed by atoms with Crippen LogP contribution in [0.3, 0.4) is 0 Å². The number of aliphatic hydroxyl groups is 1. The van der Waals surface area contributed by atoms with E-state index in [0.717, 1.165) is 0 Å². The lowest BCUT2D eigenvalue weighted by molar-refractivity contribution is -0.144. The minimum atomic E-state index is -1.97. The van der Waals surface area contributed by atoms with Gasteiger partial charge in [0, 0.05) is 6.42 Å². The average Bonchev–Trinajstić information content (AvgIpc) is 3.26. The summed E-state index contributed by atoms with van der Waals surface area (Å²) in [6.45, 7) is 9.36. The van der Waals surface area contributed by atoms with Crippen molar-refractivity contribution in [3.05, 3.63) is 35.9 Å². The Hall–Kier alpha value is -6.20. The number of nitrogens with two attached hydrogens (primary N) is 2. The molecule has 23 heteroatoms. The van der Waals surface area contributed by atoms with E-state index in [1.165, 1.54) is 0 Å². The summed E-state index contributed by atoms with van der Waals surface area (Å²) in [5.41, 5.74) is 12.4. The quantitative estimate of drug-likeness (QED) is 0.0353. The fourth-order valence-corrected chi connectivity index (χ4v) is 6.37. The lowest BCUT2D eigenvalue weighted by atomic mass is 9.95. The van der Waals surface area contributed by atoms with Crippen LogP contribution in [0.5, 0.6) is 0 Å². The first-order chi connectivity index (χ1) is 31.0. The van der Waals surface area contributed by atoms with Crippen molar-refractivity contribution in [2.45, 2.75) is 141 Å². The molecule has 0 aliphatic rings. The molecule has 0 fully saturated rings. The summed E-state index contributed by atoms with van der Waals surface area (Å²) in [7, 11) is 0. The smallest absolute Gasteiger partial charge is 0.328 e. The Bertz CT molecular complexity index is 1820. The molecule has 0 radical (unpaired) electrons. The minimum absolute atomic E-state index is 0.0422. The second kappa shape index (κ2) is 29.4. The lowest BCUT2D eigenvalue weighted by Crippen LogP contribution is -2.62. The molecule has 10 atom stereocenters. The molecule has 15 N–H and O–H groups in total. The van der Waals surface area contributed by atoms with Crippen LogP contribution in [0.25, 0.3) is 0 Å². The van der Waals surface area contributed by atoms with Crippen LogP contribution in [0.4, 0.5) is 0 Å². The molecule has 1 aromatic rings. The van der Waals surface area contributed by atoms with Crippen LogP contribution in [-0.2, 0) is 54.4 Å². The van der Waals surface area contributed by atoms with E-state index >= 15 is 0 Å². The van der Waals surface area contributed by atoms with Crippen molar-refractivity contribution in [1.29, 1.82) is 0 Å². The molecule has 0 spiro atoms. The van der Waals surface area contributed by atoms with E-state index in [-0.39, 0.29) is 38.1 Å². The summed E-state index contributed by atoms with van der Waals surface area (Å²) < 4.78 is 0. The minimum Gasteiger partial charge on any atom is -0.481 e. The molecule has 0 heterocycles. The number of amides is 7.